The third kappa shape index (κ3) is 2.45. The van der Waals surface area contributed by atoms with Crippen molar-refractivity contribution >= 4 is 22.5 Å². The predicted octanol–water partition coefficient (Wildman–Crippen LogP) is 1.52. The number of nitrogens with two attached hydrogens (primary N) is 1. The maximum atomic E-state index is 11.8. The van der Waals surface area contributed by atoms with Gasteiger partial charge in [-0.15, -0.1) is 0 Å². The van der Waals surface area contributed by atoms with Crippen molar-refractivity contribution in [1.29, 1.82) is 0 Å². The SMILES string of the molecule is CNCC1CCCN1c1c(C(N)=O)cnc2ccccc12. The topological polar surface area (TPSA) is 71.2 Å². The molecule has 1 amide bonds. The zero-order valence-electron chi connectivity index (χ0n) is 12.2. The number of hydrogen-bond acceptors (Lipinski definition) is 4. The van der Waals surface area contributed by atoms with Gasteiger partial charge >= 0.3 is 0 Å². The highest BCUT2D eigenvalue weighted by atomic mass is 16.1. The van der Waals surface area contributed by atoms with Crippen molar-refractivity contribution in [2.24, 2.45) is 5.73 Å². The van der Waals surface area contributed by atoms with E-state index in [0.717, 1.165) is 42.5 Å². The molecule has 5 heteroatoms. The summed E-state index contributed by atoms with van der Waals surface area (Å²) in [4.78, 5) is 18.5. The number of primary amides is 1. The molecule has 3 N–H and O–H groups in total. The van der Waals surface area contributed by atoms with Crippen molar-refractivity contribution in [3.8, 4) is 0 Å². The third-order valence-electron chi connectivity index (χ3n) is 4.12. The van der Waals surface area contributed by atoms with Crippen LogP contribution in [0.1, 0.15) is 23.2 Å². The minimum absolute atomic E-state index is 0.388. The Hall–Kier alpha value is -2.14. The molecule has 21 heavy (non-hydrogen) atoms. The number of para-hydroxylation sites is 1. The van der Waals surface area contributed by atoms with Crippen molar-refractivity contribution in [1.82, 2.24) is 10.3 Å². The summed E-state index contributed by atoms with van der Waals surface area (Å²) >= 11 is 0. The van der Waals surface area contributed by atoms with Gasteiger partial charge in [0, 0.05) is 30.7 Å². The Bertz CT molecular complexity index is 670. The molecule has 0 spiro atoms. The number of pyridine rings is 1. The standard InChI is InChI=1S/C16H20N4O/c1-18-9-11-5-4-8-20(11)15-12-6-2-3-7-14(12)19-10-13(15)16(17)21/h2-3,6-7,10-11,18H,4-5,8-9H2,1H3,(H2,17,21). The summed E-state index contributed by atoms with van der Waals surface area (Å²) in [6, 6.07) is 8.30. The summed E-state index contributed by atoms with van der Waals surface area (Å²) in [5.41, 5.74) is 7.91. The number of hydrogen-bond donors (Lipinski definition) is 2. The first-order chi connectivity index (χ1) is 10.2. The van der Waals surface area contributed by atoms with E-state index >= 15 is 0 Å². The first-order valence-electron chi connectivity index (χ1n) is 7.31. The van der Waals surface area contributed by atoms with Crippen LogP contribution in [0.4, 0.5) is 5.69 Å². The number of rotatable bonds is 4. The summed E-state index contributed by atoms with van der Waals surface area (Å²) in [7, 11) is 1.95. The van der Waals surface area contributed by atoms with Gasteiger partial charge < -0.3 is 16.0 Å². The molecule has 0 saturated carbocycles. The molecular formula is C16H20N4O. The Morgan fingerprint density at radius 1 is 1.48 bits per heavy atom. The Morgan fingerprint density at radius 2 is 2.29 bits per heavy atom. The molecule has 1 aromatic carbocycles. The van der Waals surface area contributed by atoms with E-state index in [1.165, 1.54) is 0 Å². The molecule has 1 aliphatic heterocycles. The van der Waals surface area contributed by atoms with E-state index in [9.17, 15) is 4.79 Å². The number of fused-ring (bicyclic) bond motifs is 1. The number of benzene rings is 1. The van der Waals surface area contributed by atoms with Crippen LogP contribution in [0.3, 0.4) is 0 Å². The van der Waals surface area contributed by atoms with Crippen molar-refractivity contribution < 1.29 is 4.79 Å². The van der Waals surface area contributed by atoms with Gasteiger partial charge in [-0.3, -0.25) is 9.78 Å². The van der Waals surface area contributed by atoms with Crippen LogP contribution in [-0.4, -0.2) is 37.1 Å². The normalized spacial score (nSPS) is 18.3. The molecule has 2 aromatic rings. The van der Waals surface area contributed by atoms with Crippen LogP contribution >= 0.6 is 0 Å². The first kappa shape index (κ1) is 13.8. The number of nitrogens with zero attached hydrogens (tertiary/aromatic N) is 2. The smallest absolute Gasteiger partial charge is 0.252 e. The van der Waals surface area contributed by atoms with Crippen LogP contribution in [0.5, 0.6) is 0 Å². The van der Waals surface area contributed by atoms with Crippen LogP contribution < -0.4 is 16.0 Å². The average Bonchev–Trinajstić information content (AvgIpc) is 2.94. The number of amides is 1. The van der Waals surface area contributed by atoms with Crippen LogP contribution in [0.15, 0.2) is 30.5 Å². The molecule has 3 rings (SSSR count). The molecule has 110 valence electrons. The predicted molar refractivity (Wildman–Crippen MR) is 84.6 cm³/mol. The summed E-state index contributed by atoms with van der Waals surface area (Å²) in [5.74, 6) is -0.418. The lowest BCUT2D eigenvalue weighted by Gasteiger charge is -2.29. The zero-order chi connectivity index (χ0) is 14.8. The quantitative estimate of drug-likeness (QED) is 0.893. The first-order valence-corrected chi connectivity index (χ1v) is 7.31. The lowest BCUT2D eigenvalue weighted by atomic mass is 10.1. The molecule has 0 aliphatic carbocycles. The van der Waals surface area contributed by atoms with Crippen LogP contribution in [0, 0.1) is 0 Å². The molecule has 1 atom stereocenters. The number of nitrogens with one attached hydrogen (secondary N) is 1. The fraction of sp³-hybridized carbons (Fsp3) is 0.375. The van der Waals surface area contributed by atoms with Crippen molar-refractivity contribution in [2.75, 3.05) is 25.0 Å². The zero-order valence-corrected chi connectivity index (χ0v) is 12.2. The largest absolute Gasteiger partial charge is 0.366 e. The highest BCUT2D eigenvalue weighted by Crippen LogP contribution is 2.34. The van der Waals surface area contributed by atoms with E-state index in [1.807, 2.05) is 31.3 Å². The molecule has 0 bridgehead atoms. The average molecular weight is 284 g/mol. The van der Waals surface area contributed by atoms with Gasteiger partial charge in [0.15, 0.2) is 0 Å². The van der Waals surface area contributed by atoms with E-state index in [2.05, 4.69) is 15.2 Å². The Kier molecular flexibility index (Phi) is 3.75. The summed E-state index contributed by atoms with van der Waals surface area (Å²) < 4.78 is 0. The van der Waals surface area contributed by atoms with Crippen LogP contribution in [0.2, 0.25) is 0 Å². The maximum Gasteiger partial charge on any atom is 0.252 e. The minimum Gasteiger partial charge on any atom is -0.366 e. The van der Waals surface area contributed by atoms with Gasteiger partial charge in [-0.2, -0.15) is 0 Å². The fourth-order valence-electron chi connectivity index (χ4n) is 3.19. The molecule has 0 radical (unpaired) electrons. The molecular weight excluding hydrogens is 264 g/mol. The molecule has 1 aromatic heterocycles. The highest BCUT2D eigenvalue weighted by molar-refractivity contribution is 6.06. The number of carbonyl (C=O) groups is 1. The summed E-state index contributed by atoms with van der Waals surface area (Å²) in [6.45, 7) is 1.84. The maximum absolute atomic E-state index is 11.8. The van der Waals surface area contributed by atoms with Crippen LogP contribution in [-0.2, 0) is 0 Å². The third-order valence-corrected chi connectivity index (χ3v) is 4.12. The van der Waals surface area contributed by atoms with E-state index in [4.69, 9.17) is 5.73 Å². The van der Waals surface area contributed by atoms with Gasteiger partial charge in [-0.1, -0.05) is 18.2 Å². The minimum atomic E-state index is -0.418. The molecule has 1 unspecified atom stereocenters. The Balaban J connectivity index is 2.18. The highest BCUT2D eigenvalue weighted by Gasteiger charge is 2.28. The lowest BCUT2D eigenvalue weighted by Crippen LogP contribution is -2.38. The second kappa shape index (κ2) is 5.69. The van der Waals surface area contributed by atoms with Gasteiger partial charge in [0.2, 0.25) is 0 Å². The van der Waals surface area contributed by atoms with Crippen molar-refractivity contribution in [3.05, 3.63) is 36.0 Å². The molecule has 1 fully saturated rings. The van der Waals surface area contributed by atoms with E-state index < -0.39 is 5.91 Å². The molecule has 5 nitrogen and oxygen atoms in total. The van der Waals surface area contributed by atoms with Gasteiger partial charge in [-0.25, -0.2) is 0 Å². The van der Waals surface area contributed by atoms with E-state index in [-0.39, 0.29) is 0 Å². The molecule has 1 aliphatic rings. The second-order valence-electron chi connectivity index (χ2n) is 5.45. The molecule has 2 heterocycles. The summed E-state index contributed by atoms with van der Waals surface area (Å²) in [5, 5.41) is 4.23. The van der Waals surface area contributed by atoms with Crippen LogP contribution in [0.25, 0.3) is 10.9 Å². The second-order valence-corrected chi connectivity index (χ2v) is 5.45. The lowest BCUT2D eigenvalue weighted by molar-refractivity contribution is 0.100. The number of anilines is 1. The van der Waals surface area contributed by atoms with Gasteiger partial charge in [-0.05, 0) is 26.0 Å². The monoisotopic (exact) mass is 284 g/mol. The number of aromatic nitrogens is 1. The Labute approximate surface area is 124 Å². The van der Waals surface area contributed by atoms with Crippen molar-refractivity contribution in [2.45, 2.75) is 18.9 Å². The number of carbonyl (C=O) groups excluding carboxylic acids is 1. The van der Waals surface area contributed by atoms with Gasteiger partial charge in [0.05, 0.1) is 16.8 Å². The van der Waals surface area contributed by atoms with Gasteiger partial charge in [0.25, 0.3) is 5.91 Å². The fourth-order valence-corrected chi connectivity index (χ4v) is 3.19. The summed E-state index contributed by atoms with van der Waals surface area (Å²) in [6.07, 6.45) is 3.85. The molecule has 1 saturated heterocycles. The number of likely N-dealkylation sites (N-methyl/N-ethyl adjacent to an activating group) is 1. The van der Waals surface area contributed by atoms with E-state index in [0.29, 0.717) is 11.6 Å². The van der Waals surface area contributed by atoms with Gasteiger partial charge in [0.1, 0.15) is 0 Å². The Morgan fingerprint density at radius 3 is 3.05 bits per heavy atom. The van der Waals surface area contributed by atoms with E-state index in [1.54, 1.807) is 6.20 Å². The van der Waals surface area contributed by atoms with Crippen molar-refractivity contribution in [3.63, 3.8) is 0 Å².